The normalized spacial score (nSPS) is 18.5. The van der Waals surface area contributed by atoms with Crippen LogP contribution in [0.1, 0.15) is 19.3 Å². The van der Waals surface area contributed by atoms with Crippen molar-refractivity contribution in [2.75, 3.05) is 13.1 Å². The average molecular weight is 525 g/mol. The molecule has 1 amide bonds. The van der Waals surface area contributed by atoms with Crippen LogP contribution in [0.5, 0.6) is 0 Å². The van der Waals surface area contributed by atoms with Gasteiger partial charge in [0.25, 0.3) is 0 Å². The lowest BCUT2D eigenvalue weighted by Gasteiger charge is -2.35. The highest BCUT2D eigenvalue weighted by Crippen LogP contribution is 2.25. The molecule has 37 heavy (non-hydrogen) atoms. The summed E-state index contributed by atoms with van der Waals surface area (Å²) in [5.41, 5.74) is 8.13. The Morgan fingerprint density at radius 3 is 2.27 bits per heavy atom. The zero-order valence-corrected chi connectivity index (χ0v) is 20.8. The maximum absolute atomic E-state index is 13.5. The molecule has 1 fully saturated rings. The highest BCUT2D eigenvalue weighted by molar-refractivity contribution is 6.29. The van der Waals surface area contributed by atoms with Gasteiger partial charge >= 0.3 is 0 Å². The third-order valence-corrected chi connectivity index (χ3v) is 6.98. The number of nitrogens with one attached hydrogen (secondary N) is 1. The smallest absolute Gasteiger partial charge is 0.244 e. The fraction of sp³-hybridized carbons (Fsp3) is 0.296. The number of nitrogens with zero attached hydrogens (tertiary/aromatic N) is 4. The molecule has 1 saturated heterocycles. The number of nitrogens with two attached hydrogens (primary N) is 1. The number of halogens is 3. The quantitative estimate of drug-likeness (QED) is 0.504. The van der Waals surface area contributed by atoms with Gasteiger partial charge in [0.1, 0.15) is 18.2 Å². The number of amides is 1. The summed E-state index contributed by atoms with van der Waals surface area (Å²) in [6.07, 6.45) is 5.90. The van der Waals surface area contributed by atoms with Crippen LogP contribution in [0.15, 0.2) is 71.4 Å². The molecule has 3 aromatic rings. The van der Waals surface area contributed by atoms with Crippen LogP contribution in [0, 0.1) is 11.6 Å². The molecule has 0 spiro atoms. The van der Waals surface area contributed by atoms with Gasteiger partial charge in [-0.05, 0) is 73.5 Å². The Kier molecular flexibility index (Phi) is 7.34. The third-order valence-electron chi connectivity index (χ3n) is 6.70. The first kappa shape index (κ1) is 25.1. The van der Waals surface area contributed by atoms with Crippen molar-refractivity contribution >= 4 is 17.5 Å². The van der Waals surface area contributed by atoms with Gasteiger partial charge < -0.3 is 16.0 Å². The van der Waals surface area contributed by atoms with Crippen LogP contribution in [0.4, 0.5) is 8.78 Å². The van der Waals surface area contributed by atoms with Crippen molar-refractivity contribution in [3.63, 3.8) is 0 Å². The fourth-order valence-electron chi connectivity index (χ4n) is 4.63. The fourth-order valence-corrected chi connectivity index (χ4v) is 4.85. The molecule has 0 bridgehead atoms. The molecule has 1 aliphatic heterocycles. The Labute approximate surface area is 218 Å². The molecule has 2 aromatic carbocycles. The minimum absolute atomic E-state index is 0.00282. The van der Waals surface area contributed by atoms with E-state index >= 15 is 0 Å². The van der Waals surface area contributed by atoms with E-state index in [-0.39, 0.29) is 36.2 Å². The number of rotatable bonds is 6. The predicted octanol–water partition coefficient (Wildman–Crippen LogP) is 4.21. The molecule has 1 aromatic heterocycles. The molecular weight excluding hydrogens is 498 g/mol. The summed E-state index contributed by atoms with van der Waals surface area (Å²) in [4.78, 5) is 19.7. The van der Waals surface area contributed by atoms with Crippen molar-refractivity contribution < 1.29 is 13.6 Å². The Morgan fingerprint density at radius 1 is 1.00 bits per heavy atom. The molecule has 3 N–H and O–H groups in total. The second-order valence-electron chi connectivity index (χ2n) is 9.29. The number of piperidine rings is 1. The summed E-state index contributed by atoms with van der Waals surface area (Å²) in [6, 6.07) is 11.9. The van der Waals surface area contributed by atoms with Gasteiger partial charge in [0, 0.05) is 47.4 Å². The monoisotopic (exact) mass is 524 g/mol. The molecule has 2 aliphatic rings. The molecule has 1 unspecified atom stereocenters. The number of carbonyl (C=O) groups is 1. The maximum Gasteiger partial charge on any atom is 0.244 e. The van der Waals surface area contributed by atoms with E-state index in [1.807, 2.05) is 17.1 Å². The van der Waals surface area contributed by atoms with Gasteiger partial charge in [0.15, 0.2) is 11.6 Å². The first-order valence-corrected chi connectivity index (χ1v) is 12.6. The van der Waals surface area contributed by atoms with Gasteiger partial charge in [0.2, 0.25) is 5.91 Å². The highest BCUT2D eigenvalue weighted by Gasteiger charge is 2.27. The van der Waals surface area contributed by atoms with Crippen molar-refractivity contribution in [2.24, 2.45) is 5.73 Å². The topological polar surface area (TPSA) is 89.1 Å². The first-order valence-electron chi connectivity index (χ1n) is 12.2. The average Bonchev–Trinajstić information content (AvgIpc) is 3.31. The van der Waals surface area contributed by atoms with E-state index in [9.17, 15) is 13.6 Å². The molecule has 0 saturated carbocycles. The number of carbonyl (C=O) groups excluding carboxylic acids is 1. The largest absolute Gasteiger partial charge is 0.401 e. The van der Waals surface area contributed by atoms with E-state index in [1.54, 1.807) is 24.3 Å². The summed E-state index contributed by atoms with van der Waals surface area (Å²) in [5, 5.41) is 8.88. The van der Waals surface area contributed by atoms with Crippen molar-refractivity contribution in [1.82, 2.24) is 25.0 Å². The molecular formula is C27H27ClF2N6O. The zero-order chi connectivity index (χ0) is 25.9. The van der Waals surface area contributed by atoms with Crippen molar-refractivity contribution in [3.05, 3.63) is 83.0 Å². The van der Waals surface area contributed by atoms with E-state index in [1.165, 1.54) is 28.9 Å². The van der Waals surface area contributed by atoms with Gasteiger partial charge in [-0.25, -0.2) is 18.4 Å². The Hall–Kier alpha value is -3.56. The Balaban J connectivity index is 1.28. The predicted molar refractivity (Wildman–Crippen MR) is 138 cm³/mol. The number of aromatic nitrogens is 3. The lowest BCUT2D eigenvalue weighted by molar-refractivity contribution is -0.133. The molecule has 2 heterocycles. The highest BCUT2D eigenvalue weighted by atomic mass is 35.5. The number of hydrogen-bond donors (Lipinski definition) is 2. The number of likely N-dealkylation sites (tertiary alicyclic amines) is 1. The van der Waals surface area contributed by atoms with E-state index < -0.39 is 0 Å². The molecule has 5 rings (SSSR count). The van der Waals surface area contributed by atoms with E-state index in [0.29, 0.717) is 42.3 Å². The second kappa shape index (κ2) is 10.8. The number of benzene rings is 2. The first-order chi connectivity index (χ1) is 17.9. The Morgan fingerprint density at radius 2 is 1.62 bits per heavy atom. The lowest BCUT2D eigenvalue weighted by Crippen LogP contribution is -2.49. The van der Waals surface area contributed by atoms with Crippen LogP contribution in [0.3, 0.4) is 0 Å². The summed E-state index contributed by atoms with van der Waals surface area (Å²) < 4.78 is 28.5. The van der Waals surface area contributed by atoms with Crippen LogP contribution in [-0.2, 0) is 11.3 Å². The van der Waals surface area contributed by atoms with Gasteiger partial charge in [0.05, 0.1) is 6.04 Å². The van der Waals surface area contributed by atoms with Crippen LogP contribution < -0.4 is 11.1 Å². The van der Waals surface area contributed by atoms with Crippen LogP contribution in [0.25, 0.3) is 22.8 Å². The van der Waals surface area contributed by atoms with Crippen molar-refractivity contribution in [3.8, 4) is 22.8 Å². The minimum atomic E-state index is -0.370. The van der Waals surface area contributed by atoms with Gasteiger partial charge in [-0.15, -0.1) is 5.10 Å². The van der Waals surface area contributed by atoms with Gasteiger partial charge in [-0.2, -0.15) is 0 Å². The minimum Gasteiger partial charge on any atom is -0.401 e. The maximum atomic E-state index is 13.5. The second-order valence-corrected chi connectivity index (χ2v) is 9.77. The van der Waals surface area contributed by atoms with Crippen molar-refractivity contribution in [1.29, 1.82) is 0 Å². The summed E-state index contributed by atoms with van der Waals surface area (Å²) in [6.45, 7) is 1.18. The van der Waals surface area contributed by atoms with Gasteiger partial charge in [-0.1, -0.05) is 11.6 Å². The SMILES string of the molecule is NC1=CC=C(Cl)CC1NC1CCN(C(=O)Cn2nc(-c3ccc(F)cc3)nc2-c2ccc(F)cc2)CC1. The van der Waals surface area contributed by atoms with Crippen molar-refractivity contribution in [2.45, 2.75) is 37.9 Å². The molecule has 1 aliphatic carbocycles. The summed E-state index contributed by atoms with van der Waals surface area (Å²) in [7, 11) is 0. The third kappa shape index (κ3) is 5.89. The molecule has 1 atom stereocenters. The van der Waals surface area contributed by atoms with E-state index in [0.717, 1.165) is 23.6 Å². The lowest BCUT2D eigenvalue weighted by atomic mass is 9.99. The Bertz CT molecular complexity index is 1330. The zero-order valence-electron chi connectivity index (χ0n) is 20.1. The van der Waals surface area contributed by atoms with E-state index in [4.69, 9.17) is 17.3 Å². The molecule has 10 heteroatoms. The molecule has 0 radical (unpaired) electrons. The van der Waals surface area contributed by atoms with E-state index in [2.05, 4.69) is 15.4 Å². The standard InChI is InChI=1S/C27H27ClF2N6O/c28-19-5-10-23(31)24(15-19)32-22-11-13-35(14-12-22)25(37)16-36-27(18-3-8-21(30)9-4-18)33-26(34-36)17-1-6-20(29)7-2-17/h1-10,22,24,32H,11-16,31H2. The number of allylic oxidation sites excluding steroid dienone is 2. The van der Waals surface area contributed by atoms with Crippen LogP contribution in [-0.4, -0.2) is 50.7 Å². The number of hydrogen-bond acceptors (Lipinski definition) is 5. The van der Waals surface area contributed by atoms with Gasteiger partial charge in [-0.3, -0.25) is 4.79 Å². The van der Waals surface area contributed by atoms with Crippen LogP contribution in [0.2, 0.25) is 0 Å². The molecule has 7 nitrogen and oxygen atoms in total. The molecule has 192 valence electrons. The van der Waals surface area contributed by atoms with Crippen LogP contribution >= 0.6 is 11.6 Å². The summed E-state index contributed by atoms with van der Waals surface area (Å²) >= 11 is 6.17. The summed E-state index contributed by atoms with van der Waals surface area (Å²) in [5.74, 6) is -0.0170.